The van der Waals surface area contributed by atoms with Crippen LogP contribution in [0.1, 0.15) is 18.4 Å². The molecule has 1 N–H and O–H groups in total. The molecule has 8 heteroatoms. The molecular formula is C12H13F3N4O. The van der Waals surface area contributed by atoms with Gasteiger partial charge in [-0.2, -0.15) is 18.2 Å². The van der Waals surface area contributed by atoms with Crippen LogP contribution in [0.25, 0.3) is 11.4 Å². The number of nitrogens with zero attached hydrogens (tertiary/aromatic N) is 3. The highest BCUT2D eigenvalue weighted by Crippen LogP contribution is 2.20. The van der Waals surface area contributed by atoms with Crippen LogP contribution in [0.3, 0.4) is 0 Å². The molecule has 2 aromatic rings. The molecule has 0 amide bonds. The standard InChI is InChI=1S/C12H13F3N4O/c1-2-8-5-16-4-3-9(8)11-18-10(20-19-11)6-17-7-12(13,14)15/h3-5,17H,2,6-7H2,1H3. The molecule has 0 saturated carbocycles. The van der Waals surface area contributed by atoms with Crippen molar-refractivity contribution in [2.45, 2.75) is 26.1 Å². The Morgan fingerprint density at radius 2 is 2.15 bits per heavy atom. The van der Waals surface area contributed by atoms with Crippen LogP contribution in [0.2, 0.25) is 0 Å². The van der Waals surface area contributed by atoms with E-state index in [2.05, 4.69) is 20.4 Å². The first-order chi connectivity index (χ1) is 9.49. The lowest BCUT2D eigenvalue weighted by molar-refractivity contribution is -0.125. The molecule has 2 rings (SSSR count). The summed E-state index contributed by atoms with van der Waals surface area (Å²) in [5.41, 5.74) is 1.72. The molecule has 108 valence electrons. The maximum Gasteiger partial charge on any atom is 0.401 e. The van der Waals surface area contributed by atoms with E-state index in [1.165, 1.54) is 0 Å². The third-order valence-electron chi connectivity index (χ3n) is 2.60. The highest BCUT2D eigenvalue weighted by Gasteiger charge is 2.26. The first-order valence-corrected chi connectivity index (χ1v) is 6.03. The Morgan fingerprint density at radius 1 is 1.35 bits per heavy atom. The maximum atomic E-state index is 12.0. The maximum absolute atomic E-state index is 12.0. The number of halogens is 3. The average molecular weight is 286 g/mol. The van der Waals surface area contributed by atoms with Gasteiger partial charge in [-0.1, -0.05) is 12.1 Å². The number of nitrogens with one attached hydrogen (secondary N) is 1. The minimum Gasteiger partial charge on any atom is -0.338 e. The summed E-state index contributed by atoms with van der Waals surface area (Å²) in [5, 5.41) is 5.98. The molecule has 2 aromatic heterocycles. The predicted molar refractivity (Wildman–Crippen MR) is 64.7 cm³/mol. The van der Waals surface area contributed by atoms with E-state index in [1.54, 1.807) is 18.5 Å². The summed E-state index contributed by atoms with van der Waals surface area (Å²) in [7, 11) is 0. The lowest BCUT2D eigenvalue weighted by atomic mass is 10.1. The number of rotatable bonds is 5. The van der Waals surface area contributed by atoms with E-state index in [9.17, 15) is 13.2 Å². The second-order valence-corrected chi connectivity index (χ2v) is 4.12. The molecule has 0 bridgehead atoms. The molecule has 0 saturated heterocycles. The van der Waals surface area contributed by atoms with Gasteiger partial charge in [0.1, 0.15) is 0 Å². The minimum atomic E-state index is -4.26. The molecule has 2 heterocycles. The Morgan fingerprint density at radius 3 is 2.85 bits per heavy atom. The van der Waals surface area contributed by atoms with Gasteiger partial charge in [0.25, 0.3) is 0 Å². The van der Waals surface area contributed by atoms with Gasteiger partial charge in [0.05, 0.1) is 13.1 Å². The highest BCUT2D eigenvalue weighted by molar-refractivity contribution is 5.58. The van der Waals surface area contributed by atoms with Crippen molar-refractivity contribution in [3.05, 3.63) is 29.9 Å². The summed E-state index contributed by atoms with van der Waals surface area (Å²) in [5.74, 6) is 0.469. The quantitative estimate of drug-likeness (QED) is 0.914. The Balaban J connectivity index is 2.05. The van der Waals surface area contributed by atoms with E-state index >= 15 is 0 Å². The fourth-order valence-electron chi connectivity index (χ4n) is 1.67. The fraction of sp³-hybridized carbons (Fsp3) is 0.417. The fourth-order valence-corrected chi connectivity index (χ4v) is 1.67. The summed E-state index contributed by atoms with van der Waals surface area (Å²) < 4.78 is 40.9. The van der Waals surface area contributed by atoms with Gasteiger partial charge < -0.3 is 9.84 Å². The number of hydrogen-bond donors (Lipinski definition) is 1. The Hall–Kier alpha value is -1.96. The SMILES string of the molecule is CCc1cnccc1-c1noc(CNCC(F)(F)F)n1. The van der Waals surface area contributed by atoms with E-state index in [1.807, 2.05) is 6.92 Å². The molecule has 20 heavy (non-hydrogen) atoms. The summed E-state index contributed by atoms with van der Waals surface area (Å²) in [6, 6.07) is 1.75. The van der Waals surface area contributed by atoms with Crippen molar-refractivity contribution in [3.8, 4) is 11.4 Å². The van der Waals surface area contributed by atoms with E-state index in [0.717, 1.165) is 17.5 Å². The molecule has 0 aliphatic carbocycles. The monoisotopic (exact) mass is 286 g/mol. The topological polar surface area (TPSA) is 63.8 Å². The van der Waals surface area contributed by atoms with Crippen molar-refractivity contribution in [3.63, 3.8) is 0 Å². The summed E-state index contributed by atoms with van der Waals surface area (Å²) in [4.78, 5) is 8.07. The molecule has 5 nitrogen and oxygen atoms in total. The van der Waals surface area contributed by atoms with Crippen molar-refractivity contribution in [2.75, 3.05) is 6.54 Å². The van der Waals surface area contributed by atoms with Crippen molar-refractivity contribution in [2.24, 2.45) is 0 Å². The minimum absolute atomic E-state index is 0.114. The van der Waals surface area contributed by atoms with E-state index in [-0.39, 0.29) is 12.4 Å². The zero-order chi connectivity index (χ0) is 14.6. The Kier molecular flexibility index (Phi) is 4.33. The molecule has 0 aromatic carbocycles. The van der Waals surface area contributed by atoms with E-state index in [0.29, 0.717) is 5.82 Å². The van der Waals surface area contributed by atoms with Gasteiger partial charge in [-0.15, -0.1) is 0 Å². The lowest BCUT2D eigenvalue weighted by Gasteiger charge is -2.05. The normalized spacial score (nSPS) is 11.8. The Labute approximate surface area is 113 Å². The van der Waals surface area contributed by atoms with Crippen LogP contribution in [0.5, 0.6) is 0 Å². The molecule has 0 unspecified atom stereocenters. The molecule has 0 atom stereocenters. The van der Waals surface area contributed by atoms with Gasteiger partial charge in [-0.25, -0.2) is 0 Å². The summed E-state index contributed by atoms with van der Waals surface area (Å²) >= 11 is 0. The summed E-state index contributed by atoms with van der Waals surface area (Å²) in [6.07, 6.45) is -0.206. The number of aryl methyl sites for hydroxylation is 1. The third kappa shape index (κ3) is 3.77. The van der Waals surface area contributed by atoms with Gasteiger partial charge in [0.2, 0.25) is 11.7 Å². The van der Waals surface area contributed by atoms with Crippen LogP contribution in [-0.4, -0.2) is 27.8 Å². The molecule has 0 fully saturated rings. The first kappa shape index (κ1) is 14.4. The van der Waals surface area contributed by atoms with Crippen molar-refractivity contribution in [1.82, 2.24) is 20.4 Å². The van der Waals surface area contributed by atoms with Crippen molar-refractivity contribution >= 4 is 0 Å². The van der Waals surface area contributed by atoms with Gasteiger partial charge in [-0.3, -0.25) is 4.98 Å². The number of alkyl halides is 3. The van der Waals surface area contributed by atoms with E-state index in [4.69, 9.17) is 4.52 Å². The second kappa shape index (κ2) is 6.00. The first-order valence-electron chi connectivity index (χ1n) is 6.03. The molecule has 0 aliphatic rings. The van der Waals surface area contributed by atoms with Crippen molar-refractivity contribution < 1.29 is 17.7 Å². The predicted octanol–water partition coefficient (Wildman–Crippen LogP) is 2.35. The average Bonchev–Trinajstić information content (AvgIpc) is 2.86. The zero-order valence-electron chi connectivity index (χ0n) is 10.7. The van der Waals surface area contributed by atoms with Crippen LogP contribution < -0.4 is 5.32 Å². The van der Waals surface area contributed by atoms with Crippen LogP contribution in [0, 0.1) is 0 Å². The van der Waals surface area contributed by atoms with Gasteiger partial charge in [0.15, 0.2) is 0 Å². The smallest absolute Gasteiger partial charge is 0.338 e. The number of pyridine rings is 1. The number of aromatic nitrogens is 3. The summed E-state index contributed by atoms with van der Waals surface area (Å²) in [6.45, 7) is 0.742. The lowest BCUT2D eigenvalue weighted by Crippen LogP contribution is -2.28. The van der Waals surface area contributed by atoms with Gasteiger partial charge >= 0.3 is 6.18 Å². The van der Waals surface area contributed by atoms with Crippen LogP contribution in [0.4, 0.5) is 13.2 Å². The molecule has 0 radical (unpaired) electrons. The Bertz CT molecular complexity index is 568. The molecule has 0 spiro atoms. The largest absolute Gasteiger partial charge is 0.401 e. The molecular weight excluding hydrogens is 273 g/mol. The van der Waals surface area contributed by atoms with Gasteiger partial charge in [-0.05, 0) is 18.1 Å². The zero-order valence-corrected chi connectivity index (χ0v) is 10.7. The van der Waals surface area contributed by atoms with Gasteiger partial charge in [0, 0.05) is 18.0 Å². The third-order valence-corrected chi connectivity index (χ3v) is 2.60. The van der Waals surface area contributed by atoms with Crippen molar-refractivity contribution in [1.29, 1.82) is 0 Å². The van der Waals surface area contributed by atoms with Crippen LogP contribution in [0.15, 0.2) is 23.0 Å². The molecule has 0 aliphatic heterocycles. The second-order valence-electron chi connectivity index (χ2n) is 4.12. The van der Waals surface area contributed by atoms with Crippen LogP contribution >= 0.6 is 0 Å². The van der Waals surface area contributed by atoms with Crippen LogP contribution in [-0.2, 0) is 13.0 Å². The highest BCUT2D eigenvalue weighted by atomic mass is 19.4. The number of hydrogen-bond acceptors (Lipinski definition) is 5. The van der Waals surface area contributed by atoms with E-state index < -0.39 is 12.7 Å².